The highest BCUT2D eigenvalue weighted by molar-refractivity contribution is 6.45. The lowest BCUT2D eigenvalue weighted by Crippen LogP contribution is -2.29. The molecule has 0 unspecified atom stereocenters. The molecular formula is C17H18N2O3. The molecule has 1 amide bonds. The van der Waals surface area contributed by atoms with Crippen molar-refractivity contribution in [1.29, 1.82) is 0 Å². The van der Waals surface area contributed by atoms with E-state index in [-0.39, 0.29) is 11.6 Å². The van der Waals surface area contributed by atoms with E-state index in [1.165, 1.54) is 7.11 Å². The highest BCUT2D eigenvalue weighted by Crippen LogP contribution is 2.20. The molecule has 0 aliphatic heterocycles. The SMILES string of the molecule is CNC(=O)/C(=N/OC)c1ccccc1OCc1ccccc1. The molecule has 0 atom stereocenters. The summed E-state index contributed by atoms with van der Waals surface area (Å²) in [7, 11) is 2.94. The van der Waals surface area contributed by atoms with Gasteiger partial charge in [-0.1, -0.05) is 47.6 Å². The standard InChI is InChI=1S/C17H18N2O3/c1-18-17(20)16(19-21-2)14-10-6-7-11-15(14)22-12-13-8-4-3-5-9-13/h3-11H,12H2,1-2H3,(H,18,20)/b19-16+. The number of nitrogens with one attached hydrogen (secondary N) is 1. The maximum Gasteiger partial charge on any atom is 0.273 e. The number of nitrogens with zero attached hydrogens (tertiary/aromatic N) is 1. The van der Waals surface area contributed by atoms with Crippen molar-refractivity contribution in [3.8, 4) is 5.75 Å². The van der Waals surface area contributed by atoms with Crippen LogP contribution in [-0.4, -0.2) is 25.8 Å². The summed E-state index contributed by atoms with van der Waals surface area (Å²) in [4.78, 5) is 16.7. The Kier molecular flexibility index (Phi) is 5.54. The summed E-state index contributed by atoms with van der Waals surface area (Å²) < 4.78 is 5.83. The van der Waals surface area contributed by atoms with Gasteiger partial charge in [0.05, 0.1) is 5.56 Å². The van der Waals surface area contributed by atoms with Gasteiger partial charge in [0.1, 0.15) is 19.5 Å². The van der Waals surface area contributed by atoms with Crippen molar-refractivity contribution in [2.45, 2.75) is 6.61 Å². The maximum atomic E-state index is 12.0. The summed E-state index contributed by atoms with van der Waals surface area (Å²) in [5, 5.41) is 6.35. The number of hydrogen-bond acceptors (Lipinski definition) is 4. The molecule has 0 aliphatic rings. The molecule has 114 valence electrons. The molecule has 1 N–H and O–H groups in total. The Balaban J connectivity index is 2.26. The number of ether oxygens (including phenoxy) is 1. The Hall–Kier alpha value is -2.82. The second kappa shape index (κ2) is 7.83. The van der Waals surface area contributed by atoms with Crippen LogP contribution in [0.4, 0.5) is 0 Å². The van der Waals surface area contributed by atoms with E-state index in [4.69, 9.17) is 9.57 Å². The van der Waals surface area contributed by atoms with E-state index in [1.807, 2.05) is 42.5 Å². The molecule has 2 rings (SSSR count). The topological polar surface area (TPSA) is 59.9 Å². The van der Waals surface area contributed by atoms with Crippen molar-refractivity contribution in [1.82, 2.24) is 5.32 Å². The molecule has 2 aromatic rings. The first-order valence-corrected chi connectivity index (χ1v) is 6.85. The molecule has 22 heavy (non-hydrogen) atoms. The number of carbonyl (C=O) groups excluding carboxylic acids is 1. The minimum atomic E-state index is -0.336. The first kappa shape index (κ1) is 15.6. The van der Waals surface area contributed by atoms with Crippen molar-refractivity contribution in [3.63, 3.8) is 0 Å². The summed E-state index contributed by atoms with van der Waals surface area (Å²) >= 11 is 0. The van der Waals surface area contributed by atoms with Crippen molar-refractivity contribution >= 4 is 11.6 Å². The number of rotatable bonds is 6. The molecule has 0 spiro atoms. The number of hydrogen-bond donors (Lipinski definition) is 1. The second-order valence-electron chi connectivity index (χ2n) is 4.47. The predicted molar refractivity (Wildman–Crippen MR) is 84.8 cm³/mol. The van der Waals surface area contributed by atoms with Crippen LogP contribution in [0, 0.1) is 0 Å². The molecule has 0 radical (unpaired) electrons. The molecule has 0 heterocycles. The third-order valence-electron chi connectivity index (χ3n) is 3.00. The largest absolute Gasteiger partial charge is 0.488 e. The Morgan fingerprint density at radius 1 is 1.09 bits per heavy atom. The first-order valence-electron chi connectivity index (χ1n) is 6.85. The van der Waals surface area contributed by atoms with Gasteiger partial charge >= 0.3 is 0 Å². The lowest BCUT2D eigenvalue weighted by molar-refractivity contribution is -0.114. The Labute approximate surface area is 129 Å². The summed E-state index contributed by atoms with van der Waals surface area (Å²) in [6.45, 7) is 0.409. The predicted octanol–water partition coefficient (Wildman–Crippen LogP) is 2.36. The quantitative estimate of drug-likeness (QED) is 0.658. The number of oxime groups is 1. The van der Waals surface area contributed by atoms with E-state index < -0.39 is 0 Å². The van der Waals surface area contributed by atoms with E-state index in [9.17, 15) is 4.79 Å². The highest BCUT2D eigenvalue weighted by Gasteiger charge is 2.18. The molecule has 0 saturated heterocycles. The summed E-state index contributed by atoms with van der Waals surface area (Å²) in [5.41, 5.74) is 1.80. The summed E-state index contributed by atoms with van der Waals surface area (Å²) in [5.74, 6) is 0.239. The van der Waals surface area contributed by atoms with E-state index in [2.05, 4.69) is 10.5 Å². The number of para-hydroxylation sites is 1. The zero-order chi connectivity index (χ0) is 15.8. The van der Waals surface area contributed by atoms with Gasteiger partial charge in [0.15, 0.2) is 5.71 Å². The summed E-state index contributed by atoms with van der Waals surface area (Å²) in [6, 6.07) is 17.0. The molecular weight excluding hydrogens is 280 g/mol. The number of likely N-dealkylation sites (N-methyl/N-ethyl adjacent to an activating group) is 1. The zero-order valence-corrected chi connectivity index (χ0v) is 12.6. The van der Waals surface area contributed by atoms with E-state index in [0.717, 1.165) is 5.56 Å². The van der Waals surface area contributed by atoms with Gasteiger partial charge in [-0.3, -0.25) is 4.79 Å². The lowest BCUT2D eigenvalue weighted by Gasteiger charge is -2.12. The smallest absolute Gasteiger partial charge is 0.273 e. The second-order valence-corrected chi connectivity index (χ2v) is 4.47. The molecule has 0 fully saturated rings. The van der Waals surface area contributed by atoms with Gasteiger partial charge < -0.3 is 14.9 Å². The van der Waals surface area contributed by atoms with Crippen LogP contribution in [0.5, 0.6) is 5.75 Å². The highest BCUT2D eigenvalue weighted by atomic mass is 16.6. The minimum absolute atomic E-state index is 0.175. The maximum absolute atomic E-state index is 12.0. The van der Waals surface area contributed by atoms with Crippen molar-refractivity contribution in [2.75, 3.05) is 14.2 Å². The van der Waals surface area contributed by atoms with Crippen LogP contribution in [-0.2, 0) is 16.2 Å². The van der Waals surface area contributed by atoms with Gasteiger partial charge in [-0.05, 0) is 17.7 Å². The van der Waals surface area contributed by atoms with E-state index >= 15 is 0 Å². The lowest BCUT2D eigenvalue weighted by atomic mass is 10.1. The van der Waals surface area contributed by atoms with Gasteiger partial charge in [0.25, 0.3) is 5.91 Å². The number of amides is 1. The van der Waals surface area contributed by atoms with Crippen LogP contribution in [0.2, 0.25) is 0 Å². The molecule has 5 nitrogen and oxygen atoms in total. The molecule has 2 aromatic carbocycles. The van der Waals surface area contributed by atoms with Crippen LogP contribution >= 0.6 is 0 Å². The fourth-order valence-electron chi connectivity index (χ4n) is 1.95. The average Bonchev–Trinajstić information content (AvgIpc) is 2.58. The summed E-state index contributed by atoms with van der Waals surface area (Å²) in [6.07, 6.45) is 0. The minimum Gasteiger partial charge on any atom is -0.488 e. The van der Waals surface area contributed by atoms with Gasteiger partial charge in [0, 0.05) is 7.05 Å². The third kappa shape index (κ3) is 3.85. The van der Waals surface area contributed by atoms with Crippen molar-refractivity contribution in [2.24, 2.45) is 5.16 Å². The number of carbonyl (C=O) groups is 1. The fraction of sp³-hybridized carbons (Fsp3) is 0.176. The normalized spacial score (nSPS) is 10.9. The van der Waals surface area contributed by atoms with Gasteiger partial charge in [-0.25, -0.2) is 0 Å². The number of benzene rings is 2. The average molecular weight is 298 g/mol. The Morgan fingerprint density at radius 2 is 1.77 bits per heavy atom. The monoisotopic (exact) mass is 298 g/mol. The van der Waals surface area contributed by atoms with Gasteiger partial charge in [-0.2, -0.15) is 0 Å². The third-order valence-corrected chi connectivity index (χ3v) is 3.00. The molecule has 0 saturated carbocycles. The molecule has 0 bridgehead atoms. The van der Waals surface area contributed by atoms with Crippen LogP contribution in [0.15, 0.2) is 59.8 Å². The Bertz CT molecular complexity index is 654. The van der Waals surface area contributed by atoms with Crippen molar-refractivity contribution < 1.29 is 14.4 Å². The molecule has 5 heteroatoms. The van der Waals surface area contributed by atoms with E-state index in [0.29, 0.717) is 17.9 Å². The zero-order valence-electron chi connectivity index (χ0n) is 12.6. The molecule has 0 aliphatic carbocycles. The fourth-order valence-corrected chi connectivity index (χ4v) is 1.95. The van der Waals surface area contributed by atoms with Gasteiger partial charge in [0.2, 0.25) is 0 Å². The van der Waals surface area contributed by atoms with Crippen LogP contribution in [0.25, 0.3) is 0 Å². The van der Waals surface area contributed by atoms with Crippen LogP contribution in [0.3, 0.4) is 0 Å². The van der Waals surface area contributed by atoms with Crippen LogP contribution in [0.1, 0.15) is 11.1 Å². The van der Waals surface area contributed by atoms with Crippen LogP contribution < -0.4 is 10.1 Å². The Morgan fingerprint density at radius 3 is 2.45 bits per heavy atom. The first-order chi connectivity index (χ1) is 10.8. The molecule has 0 aromatic heterocycles. The van der Waals surface area contributed by atoms with E-state index in [1.54, 1.807) is 19.2 Å². The van der Waals surface area contributed by atoms with Crippen molar-refractivity contribution in [3.05, 3.63) is 65.7 Å². The van der Waals surface area contributed by atoms with Gasteiger partial charge in [-0.15, -0.1) is 0 Å².